The van der Waals surface area contributed by atoms with Crippen molar-refractivity contribution >= 4 is 5.91 Å². The molecule has 4 nitrogen and oxygen atoms in total. The molecule has 0 bridgehead atoms. The standard InChI is InChI=1S/C17H32N2O2/c1-12(2)17(21)18-16-9-14(7-8-20)10-19(11-16)13(3)15-5-4-6-15/h12-16,20H,4-11H2,1-3H3,(H,18,21). The third kappa shape index (κ3) is 4.43. The van der Waals surface area contributed by atoms with E-state index in [2.05, 4.69) is 17.1 Å². The van der Waals surface area contributed by atoms with Gasteiger partial charge in [-0.2, -0.15) is 0 Å². The summed E-state index contributed by atoms with van der Waals surface area (Å²) in [6.07, 6.45) is 5.93. The number of amides is 1. The molecule has 3 atom stereocenters. The maximum Gasteiger partial charge on any atom is 0.222 e. The zero-order valence-corrected chi connectivity index (χ0v) is 13.8. The van der Waals surface area contributed by atoms with Gasteiger partial charge in [0.2, 0.25) is 5.91 Å². The third-order valence-electron chi connectivity index (χ3n) is 5.38. The fraction of sp³-hybridized carbons (Fsp3) is 0.941. The van der Waals surface area contributed by atoms with E-state index in [1.54, 1.807) is 0 Å². The summed E-state index contributed by atoms with van der Waals surface area (Å²) in [5, 5.41) is 12.5. The average molecular weight is 296 g/mol. The number of rotatable bonds is 6. The van der Waals surface area contributed by atoms with E-state index >= 15 is 0 Å². The molecule has 0 radical (unpaired) electrons. The van der Waals surface area contributed by atoms with Crippen molar-refractivity contribution in [3.63, 3.8) is 0 Å². The van der Waals surface area contributed by atoms with E-state index in [-0.39, 0.29) is 24.5 Å². The predicted molar refractivity (Wildman–Crippen MR) is 85.0 cm³/mol. The van der Waals surface area contributed by atoms with Crippen LogP contribution in [0.15, 0.2) is 0 Å². The maximum atomic E-state index is 12.0. The molecular formula is C17H32N2O2. The van der Waals surface area contributed by atoms with E-state index in [1.165, 1.54) is 19.3 Å². The van der Waals surface area contributed by atoms with Crippen LogP contribution in [-0.2, 0) is 4.79 Å². The second-order valence-electron chi connectivity index (χ2n) is 7.36. The summed E-state index contributed by atoms with van der Waals surface area (Å²) in [5.41, 5.74) is 0. The number of likely N-dealkylation sites (tertiary alicyclic amines) is 1. The molecule has 1 saturated heterocycles. The highest BCUT2D eigenvalue weighted by Gasteiger charge is 2.35. The van der Waals surface area contributed by atoms with Gasteiger partial charge in [-0.1, -0.05) is 20.3 Å². The lowest BCUT2D eigenvalue weighted by Crippen LogP contribution is -2.55. The molecule has 0 aromatic rings. The smallest absolute Gasteiger partial charge is 0.222 e. The number of hydrogen-bond acceptors (Lipinski definition) is 3. The van der Waals surface area contributed by atoms with Gasteiger partial charge in [-0.15, -0.1) is 0 Å². The Bertz CT molecular complexity index is 342. The highest BCUT2D eigenvalue weighted by atomic mass is 16.3. The molecule has 1 aliphatic heterocycles. The quantitative estimate of drug-likeness (QED) is 0.788. The monoisotopic (exact) mass is 296 g/mol. The molecule has 2 N–H and O–H groups in total. The van der Waals surface area contributed by atoms with Crippen LogP contribution in [0.25, 0.3) is 0 Å². The van der Waals surface area contributed by atoms with Crippen LogP contribution in [0.2, 0.25) is 0 Å². The van der Waals surface area contributed by atoms with Crippen molar-refractivity contribution in [1.82, 2.24) is 10.2 Å². The van der Waals surface area contributed by atoms with Crippen molar-refractivity contribution in [2.45, 2.75) is 65.0 Å². The molecule has 0 aromatic heterocycles. The molecule has 1 heterocycles. The van der Waals surface area contributed by atoms with Crippen LogP contribution in [0, 0.1) is 17.8 Å². The van der Waals surface area contributed by atoms with E-state index < -0.39 is 0 Å². The fourth-order valence-electron chi connectivity index (χ4n) is 3.66. The van der Waals surface area contributed by atoms with Crippen molar-refractivity contribution in [2.24, 2.45) is 17.8 Å². The van der Waals surface area contributed by atoms with Crippen molar-refractivity contribution < 1.29 is 9.90 Å². The van der Waals surface area contributed by atoms with Gasteiger partial charge in [-0.05, 0) is 44.4 Å². The lowest BCUT2D eigenvalue weighted by Gasteiger charge is -2.45. The first-order valence-corrected chi connectivity index (χ1v) is 8.66. The molecule has 122 valence electrons. The topological polar surface area (TPSA) is 52.6 Å². The van der Waals surface area contributed by atoms with E-state index in [0.29, 0.717) is 12.0 Å². The number of carbonyl (C=O) groups is 1. The summed E-state index contributed by atoms with van der Waals surface area (Å²) < 4.78 is 0. The van der Waals surface area contributed by atoms with Crippen LogP contribution < -0.4 is 5.32 Å². The minimum Gasteiger partial charge on any atom is -0.396 e. The summed E-state index contributed by atoms with van der Waals surface area (Å²) >= 11 is 0. The van der Waals surface area contributed by atoms with Crippen LogP contribution in [0.3, 0.4) is 0 Å². The molecule has 1 saturated carbocycles. The van der Waals surface area contributed by atoms with Gasteiger partial charge in [0.05, 0.1) is 0 Å². The first-order chi connectivity index (χ1) is 10.0. The highest BCUT2D eigenvalue weighted by Crippen LogP contribution is 2.34. The molecule has 4 heteroatoms. The van der Waals surface area contributed by atoms with Crippen LogP contribution in [0.1, 0.15) is 52.9 Å². The fourth-order valence-corrected chi connectivity index (χ4v) is 3.66. The van der Waals surface area contributed by atoms with Gasteiger partial charge in [0.1, 0.15) is 0 Å². The molecule has 2 aliphatic rings. The van der Waals surface area contributed by atoms with Crippen molar-refractivity contribution in [3.05, 3.63) is 0 Å². The number of nitrogens with one attached hydrogen (secondary N) is 1. The molecule has 21 heavy (non-hydrogen) atoms. The van der Waals surface area contributed by atoms with Crippen LogP contribution in [0.4, 0.5) is 0 Å². The first-order valence-electron chi connectivity index (χ1n) is 8.66. The highest BCUT2D eigenvalue weighted by molar-refractivity contribution is 5.78. The van der Waals surface area contributed by atoms with Gasteiger partial charge in [-0.25, -0.2) is 0 Å². The Labute approximate surface area is 129 Å². The van der Waals surface area contributed by atoms with Crippen LogP contribution in [-0.4, -0.2) is 47.7 Å². The van der Waals surface area contributed by atoms with E-state index in [4.69, 9.17) is 0 Å². The van der Waals surface area contributed by atoms with Crippen molar-refractivity contribution in [3.8, 4) is 0 Å². The van der Waals surface area contributed by atoms with E-state index in [0.717, 1.165) is 31.8 Å². The molecule has 0 aromatic carbocycles. The summed E-state index contributed by atoms with van der Waals surface area (Å²) in [6, 6.07) is 0.853. The largest absolute Gasteiger partial charge is 0.396 e. The average Bonchev–Trinajstić information content (AvgIpc) is 2.36. The SMILES string of the molecule is CC(C)C(=O)NC1CC(CCO)CN(C(C)C2CCC2)C1. The summed E-state index contributed by atoms with van der Waals surface area (Å²) in [4.78, 5) is 14.5. The minimum absolute atomic E-state index is 0.0423. The molecule has 3 unspecified atom stereocenters. The molecule has 2 rings (SSSR count). The lowest BCUT2D eigenvalue weighted by molar-refractivity contribution is -0.125. The number of carbonyl (C=O) groups excluding carboxylic acids is 1. The minimum atomic E-state index is 0.0423. The Balaban J connectivity index is 1.95. The molecule has 1 amide bonds. The number of nitrogens with zero attached hydrogens (tertiary/aromatic N) is 1. The molecule has 0 spiro atoms. The Morgan fingerprint density at radius 1 is 1.29 bits per heavy atom. The summed E-state index contributed by atoms with van der Waals surface area (Å²) in [7, 11) is 0. The van der Waals surface area contributed by atoms with E-state index in [9.17, 15) is 9.90 Å². The van der Waals surface area contributed by atoms with Gasteiger partial charge in [0, 0.05) is 37.7 Å². The zero-order valence-electron chi connectivity index (χ0n) is 13.8. The van der Waals surface area contributed by atoms with E-state index in [1.807, 2.05) is 13.8 Å². The number of aliphatic hydroxyl groups is 1. The summed E-state index contributed by atoms with van der Waals surface area (Å²) in [6.45, 7) is 8.52. The van der Waals surface area contributed by atoms with Crippen molar-refractivity contribution in [1.29, 1.82) is 0 Å². The lowest BCUT2D eigenvalue weighted by atomic mass is 9.78. The number of hydrogen-bond donors (Lipinski definition) is 2. The third-order valence-corrected chi connectivity index (χ3v) is 5.38. The first kappa shape index (κ1) is 16.8. The zero-order chi connectivity index (χ0) is 15.4. The van der Waals surface area contributed by atoms with Crippen molar-refractivity contribution in [2.75, 3.05) is 19.7 Å². The maximum absolute atomic E-state index is 12.0. The Hall–Kier alpha value is -0.610. The molecule has 2 fully saturated rings. The molecule has 1 aliphatic carbocycles. The van der Waals surface area contributed by atoms with Crippen LogP contribution in [0.5, 0.6) is 0 Å². The number of piperidine rings is 1. The number of aliphatic hydroxyl groups excluding tert-OH is 1. The Morgan fingerprint density at radius 3 is 2.52 bits per heavy atom. The Morgan fingerprint density at radius 2 is 2.00 bits per heavy atom. The van der Waals surface area contributed by atoms with Gasteiger partial charge < -0.3 is 10.4 Å². The Kier molecular flexibility index (Phi) is 6.06. The van der Waals surface area contributed by atoms with Gasteiger partial charge >= 0.3 is 0 Å². The second kappa shape index (κ2) is 7.59. The van der Waals surface area contributed by atoms with Crippen LogP contribution >= 0.6 is 0 Å². The van der Waals surface area contributed by atoms with Gasteiger partial charge in [-0.3, -0.25) is 9.69 Å². The van der Waals surface area contributed by atoms with Gasteiger partial charge in [0.25, 0.3) is 0 Å². The second-order valence-corrected chi connectivity index (χ2v) is 7.36. The summed E-state index contributed by atoms with van der Waals surface area (Å²) in [5.74, 6) is 1.53. The normalized spacial score (nSPS) is 29.2. The van der Waals surface area contributed by atoms with Gasteiger partial charge in [0.15, 0.2) is 0 Å². The molecular weight excluding hydrogens is 264 g/mol. The predicted octanol–water partition coefficient (Wildman–Crippen LogP) is 2.02.